The third kappa shape index (κ3) is 2.50. The fraction of sp³-hybridized carbons (Fsp3) is 0.364. The third-order valence-corrected chi connectivity index (χ3v) is 6.83. The number of rotatable bonds is 5. The van der Waals surface area contributed by atoms with Gasteiger partial charge in [-0.1, -0.05) is 35.5 Å². The van der Waals surface area contributed by atoms with Gasteiger partial charge in [-0.3, -0.25) is 9.69 Å². The third-order valence-electron chi connectivity index (χ3n) is 6.83. The molecule has 8 nitrogen and oxygen atoms in total. The van der Waals surface area contributed by atoms with Crippen molar-refractivity contribution in [3.05, 3.63) is 75.0 Å². The van der Waals surface area contributed by atoms with Crippen molar-refractivity contribution in [1.82, 2.24) is 5.32 Å². The highest BCUT2D eigenvalue weighted by molar-refractivity contribution is 5.91. The maximum atomic E-state index is 15.7. The lowest BCUT2D eigenvalue weighted by Gasteiger charge is -2.49. The molecular formula is C22H20FN5O3. The molecule has 31 heavy (non-hydrogen) atoms. The largest absolute Gasteiger partial charge is 0.443 e. The molecule has 1 aromatic rings. The van der Waals surface area contributed by atoms with Gasteiger partial charge >= 0.3 is 6.09 Å². The van der Waals surface area contributed by atoms with Gasteiger partial charge in [-0.25, -0.2) is 9.18 Å². The number of anilines is 1. The van der Waals surface area contributed by atoms with Gasteiger partial charge in [0.15, 0.2) is 5.82 Å². The SMILES string of the molecule is CC(=O)NC(C)C1(C2C3=CC=C2C=C3)c2ccc(c(F)c2CN=[N+]=[N-])N2CC1OC2=O. The van der Waals surface area contributed by atoms with Crippen LogP contribution in [0.25, 0.3) is 10.4 Å². The Bertz CT molecular complexity index is 1140. The molecule has 1 aromatic carbocycles. The van der Waals surface area contributed by atoms with Crippen LogP contribution in [-0.4, -0.2) is 30.7 Å². The zero-order valence-corrected chi connectivity index (χ0v) is 17.0. The van der Waals surface area contributed by atoms with Crippen LogP contribution in [0.5, 0.6) is 0 Å². The number of fused-ring (bicyclic) bond motifs is 5. The summed E-state index contributed by atoms with van der Waals surface area (Å²) in [4.78, 5) is 29.0. The maximum absolute atomic E-state index is 15.7. The number of nitrogens with zero attached hydrogens (tertiary/aromatic N) is 4. The van der Waals surface area contributed by atoms with Crippen LogP contribution >= 0.6 is 0 Å². The van der Waals surface area contributed by atoms with Crippen LogP contribution in [-0.2, 0) is 21.5 Å². The van der Waals surface area contributed by atoms with E-state index in [4.69, 9.17) is 10.3 Å². The van der Waals surface area contributed by atoms with Crippen molar-refractivity contribution in [2.45, 2.75) is 38.0 Å². The number of carbonyl (C=O) groups is 2. The van der Waals surface area contributed by atoms with Gasteiger partial charge in [0.1, 0.15) is 6.10 Å². The summed E-state index contributed by atoms with van der Waals surface area (Å²) < 4.78 is 21.6. The molecule has 5 aliphatic rings. The van der Waals surface area contributed by atoms with E-state index < -0.39 is 29.5 Å². The van der Waals surface area contributed by atoms with E-state index in [9.17, 15) is 9.59 Å². The molecule has 3 atom stereocenters. The van der Waals surface area contributed by atoms with Crippen molar-refractivity contribution in [2.75, 3.05) is 11.4 Å². The van der Waals surface area contributed by atoms with Gasteiger partial charge in [-0.2, -0.15) is 0 Å². The number of azide groups is 1. The minimum atomic E-state index is -1.01. The Morgan fingerprint density at radius 1 is 1.42 bits per heavy atom. The van der Waals surface area contributed by atoms with Crippen molar-refractivity contribution >= 4 is 17.7 Å². The molecule has 1 fully saturated rings. The quantitative estimate of drug-likeness (QED) is 0.444. The topological polar surface area (TPSA) is 107 Å². The van der Waals surface area contributed by atoms with E-state index in [1.165, 1.54) is 11.8 Å². The van der Waals surface area contributed by atoms with Gasteiger partial charge in [0.25, 0.3) is 0 Å². The lowest BCUT2D eigenvalue weighted by molar-refractivity contribution is -0.120. The van der Waals surface area contributed by atoms with Gasteiger partial charge in [-0.05, 0) is 40.8 Å². The van der Waals surface area contributed by atoms with Gasteiger partial charge < -0.3 is 10.1 Å². The highest BCUT2D eigenvalue weighted by atomic mass is 19.1. The second-order valence-electron chi connectivity index (χ2n) is 8.25. The summed E-state index contributed by atoms with van der Waals surface area (Å²) in [7, 11) is 0. The zero-order chi connectivity index (χ0) is 21.9. The monoisotopic (exact) mass is 421 g/mol. The smallest absolute Gasteiger partial charge is 0.414 e. The Labute approximate surface area is 177 Å². The van der Waals surface area contributed by atoms with E-state index in [1.54, 1.807) is 12.1 Å². The maximum Gasteiger partial charge on any atom is 0.414 e. The van der Waals surface area contributed by atoms with Crippen LogP contribution in [0.4, 0.5) is 14.9 Å². The molecule has 3 unspecified atom stereocenters. The lowest BCUT2D eigenvalue weighted by atomic mass is 9.58. The number of carbonyl (C=O) groups excluding carboxylic acids is 2. The minimum Gasteiger partial charge on any atom is -0.443 e. The predicted molar refractivity (Wildman–Crippen MR) is 111 cm³/mol. The van der Waals surface area contributed by atoms with Crippen LogP contribution in [0.1, 0.15) is 25.0 Å². The van der Waals surface area contributed by atoms with Crippen molar-refractivity contribution in [2.24, 2.45) is 11.0 Å². The van der Waals surface area contributed by atoms with E-state index in [0.717, 1.165) is 11.1 Å². The minimum absolute atomic E-state index is 0.103. The predicted octanol–water partition coefficient (Wildman–Crippen LogP) is 3.79. The highest BCUT2D eigenvalue weighted by Crippen LogP contribution is 2.56. The molecule has 0 radical (unpaired) electrons. The molecule has 158 valence electrons. The van der Waals surface area contributed by atoms with Crippen molar-refractivity contribution in [3.8, 4) is 0 Å². The van der Waals surface area contributed by atoms with E-state index >= 15 is 4.39 Å². The Kier molecular flexibility index (Phi) is 4.20. The molecule has 0 saturated carbocycles. The number of amides is 2. The molecule has 0 aromatic heterocycles. The summed E-state index contributed by atoms with van der Waals surface area (Å²) in [5, 5.41) is 6.61. The summed E-state index contributed by atoms with van der Waals surface area (Å²) in [5.74, 6) is -1.10. The zero-order valence-electron chi connectivity index (χ0n) is 17.0. The summed E-state index contributed by atoms with van der Waals surface area (Å²) in [6.07, 6.45) is 6.69. The first-order valence-corrected chi connectivity index (χ1v) is 10.1. The van der Waals surface area contributed by atoms with E-state index in [1.807, 2.05) is 31.2 Å². The molecule has 2 aliphatic carbocycles. The normalized spacial score (nSPS) is 26.1. The van der Waals surface area contributed by atoms with Crippen LogP contribution in [0.2, 0.25) is 0 Å². The van der Waals surface area contributed by atoms with E-state index in [0.29, 0.717) is 5.56 Å². The first-order valence-electron chi connectivity index (χ1n) is 10.1. The Morgan fingerprint density at radius 2 is 2.13 bits per heavy atom. The standard InChI is InChI=1S/C22H20FN5O3/c1-11(26-12(2)29)22(19-13-3-4-14(19)6-5-13)16-7-8-17(20(23)15(16)9-25-27-24)28-10-18(22)31-21(28)30/h3-8,11,18-19H,9-10H2,1-2H3,(H,26,29). The summed E-state index contributed by atoms with van der Waals surface area (Å²) in [6.45, 7) is 3.21. The first-order chi connectivity index (χ1) is 14.9. The van der Waals surface area contributed by atoms with Crippen LogP contribution in [0, 0.1) is 11.7 Å². The Hall–Kier alpha value is -3.58. The number of hydrogen-bond donors (Lipinski definition) is 1. The van der Waals surface area contributed by atoms with Crippen molar-refractivity contribution in [3.63, 3.8) is 0 Å². The molecule has 9 heteroatoms. The van der Waals surface area contributed by atoms with Crippen LogP contribution < -0.4 is 10.2 Å². The molecule has 2 amide bonds. The van der Waals surface area contributed by atoms with Crippen LogP contribution in [0.15, 0.2) is 52.7 Å². The number of allylic oxidation sites excluding steroid dienone is 6. The number of nitrogens with one attached hydrogen (secondary N) is 1. The van der Waals surface area contributed by atoms with Crippen molar-refractivity contribution < 1.29 is 18.7 Å². The fourth-order valence-electron chi connectivity index (χ4n) is 5.71. The second-order valence-corrected chi connectivity index (χ2v) is 8.25. The van der Waals surface area contributed by atoms with Gasteiger partial charge in [0, 0.05) is 23.8 Å². The number of benzene rings is 1. The molecule has 6 rings (SSSR count). The highest BCUT2D eigenvalue weighted by Gasteiger charge is 2.61. The second kappa shape index (κ2) is 6.72. The van der Waals surface area contributed by atoms with E-state index in [2.05, 4.69) is 15.3 Å². The van der Waals surface area contributed by atoms with Crippen molar-refractivity contribution in [1.29, 1.82) is 0 Å². The Balaban J connectivity index is 1.85. The molecule has 1 N–H and O–H groups in total. The van der Waals surface area contributed by atoms with Gasteiger partial charge in [0.05, 0.1) is 24.2 Å². The van der Waals surface area contributed by atoms with Gasteiger partial charge in [0.2, 0.25) is 5.91 Å². The first kappa shape index (κ1) is 19.4. The van der Waals surface area contributed by atoms with Crippen LogP contribution in [0.3, 0.4) is 0 Å². The fourth-order valence-corrected chi connectivity index (χ4v) is 5.71. The molecular weight excluding hydrogens is 401 g/mol. The number of ether oxygens (including phenoxy) is 1. The van der Waals surface area contributed by atoms with E-state index in [-0.39, 0.29) is 36.2 Å². The molecule has 1 saturated heterocycles. The molecule has 6 bridgehead atoms. The summed E-state index contributed by atoms with van der Waals surface area (Å²) in [5.41, 5.74) is 10.8. The molecule has 3 heterocycles. The van der Waals surface area contributed by atoms with Gasteiger partial charge in [-0.15, -0.1) is 0 Å². The number of halogens is 1. The molecule has 0 spiro atoms. The molecule has 3 aliphatic heterocycles. The summed E-state index contributed by atoms with van der Waals surface area (Å²) >= 11 is 0. The summed E-state index contributed by atoms with van der Waals surface area (Å²) in [6, 6.07) is 2.82. The number of hydrogen-bond acceptors (Lipinski definition) is 4. The Morgan fingerprint density at radius 3 is 2.74 bits per heavy atom. The lowest BCUT2D eigenvalue weighted by Crippen LogP contribution is -2.61. The average Bonchev–Trinajstić information content (AvgIpc) is 3.42. The average molecular weight is 421 g/mol.